The maximum atomic E-state index is 11.2. The highest BCUT2D eigenvalue weighted by Crippen LogP contribution is 2.55. The number of hydrogen-bond acceptors (Lipinski definition) is 12. The molecule has 122 heavy (non-hydrogen) atoms. The summed E-state index contributed by atoms with van der Waals surface area (Å²) < 4.78 is 16.6. The van der Waals surface area contributed by atoms with Crippen LogP contribution < -0.4 is 14.2 Å². The predicted molar refractivity (Wildman–Crippen MR) is 491 cm³/mol. The molecule has 0 bridgehead atoms. The minimum absolute atomic E-state index is 0.119. The number of unbranched alkanes of at least 4 members (excludes halogenated alkanes) is 9. The van der Waals surface area contributed by atoms with Gasteiger partial charge in [0, 0.05) is 80.5 Å². The first kappa shape index (κ1) is 77.8. The van der Waals surface area contributed by atoms with Crippen molar-refractivity contribution in [3.63, 3.8) is 0 Å². The van der Waals surface area contributed by atoms with E-state index in [1.807, 2.05) is 127 Å². The number of methoxy groups -OCH3 is 2. The Morgan fingerprint density at radius 2 is 0.680 bits per heavy atom. The molecule has 3 unspecified atom stereocenters. The lowest BCUT2D eigenvalue weighted by atomic mass is 9.67. The molecule has 12 heteroatoms. The van der Waals surface area contributed by atoms with Crippen LogP contribution in [0, 0.1) is 17.8 Å². The van der Waals surface area contributed by atoms with Gasteiger partial charge >= 0.3 is 0 Å². The van der Waals surface area contributed by atoms with Crippen LogP contribution in [-0.2, 0) is 0 Å². The Morgan fingerprint density at radius 1 is 0.311 bits per heavy atom. The van der Waals surface area contributed by atoms with Crippen molar-refractivity contribution < 1.29 is 29.5 Å². The highest BCUT2D eigenvalue weighted by molar-refractivity contribution is 5.92. The van der Waals surface area contributed by atoms with Crippen molar-refractivity contribution in [2.24, 2.45) is 17.8 Å². The summed E-state index contributed by atoms with van der Waals surface area (Å²) in [6, 6.07) is 52.4. The average molecular weight is 1600 g/mol. The van der Waals surface area contributed by atoms with Gasteiger partial charge in [-0.1, -0.05) is 302 Å². The van der Waals surface area contributed by atoms with Gasteiger partial charge in [-0.3, -0.25) is 0 Å². The molecular weight excluding hydrogens is 1500 g/mol. The van der Waals surface area contributed by atoms with E-state index < -0.39 is 0 Å². The van der Waals surface area contributed by atoms with Crippen molar-refractivity contribution in [1.82, 2.24) is 29.9 Å². The molecule has 0 amide bonds. The predicted octanol–water partition coefficient (Wildman–Crippen LogP) is 25.8. The van der Waals surface area contributed by atoms with Gasteiger partial charge in [-0.2, -0.15) is 0 Å². The van der Waals surface area contributed by atoms with E-state index in [2.05, 4.69) is 171 Å². The quantitative estimate of drug-likeness (QED) is 0.0520. The lowest BCUT2D eigenvalue weighted by Crippen LogP contribution is -2.23. The van der Waals surface area contributed by atoms with E-state index in [1.165, 1.54) is 141 Å². The fraction of sp³-hybridized carbons (Fsp3) is 0.182. The summed E-state index contributed by atoms with van der Waals surface area (Å²) in [6.07, 6.45) is 69.4. The Labute approximate surface area is 713 Å². The zero-order chi connectivity index (χ0) is 82.6. The largest absolute Gasteiger partial charge is 0.507 e. The summed E-state index contributed by atoms with van der Waals surface area (Å²) >= 11 is 0. The SMILES string of the molecule is CCCCCCCCCCCCOc1ccc(-c2nc(C3=CC=C4C=CC5=C6C(=CC=C3C46)CC=C5)cc(-c3ccccc3)n2)c(O)c1.COc1ccc(-c2cc(-c3ccccc3)nc(C3=CC=C4C=CC5=C6C(=CC=C3C46)CC=C5)n2)c(O)c1.COc1ccc(-c2cc(C3=CC=C4C=CC5=C6C(=CC=C3C46)CC=C5)nc(-c3ccccc3)n2)c(O)c1. The highest BCUT2D eigenvalue weighted by Gasteiger charge is 2.40. The first-order valence-corrected chi connectivity index (χ1v) is 42.9. The first-order valence-electron chi connectivity index (χ1n) is 42.9. The number of phenols is 3. The molecule has 3 heterocycles. The third kappa shape index (κ3) is 15.6. The Hall–Kier alpha value is -14.1. The lowest BCUT2D eigenvalue weighted by Gasteiger charge is -2.37. The van der Waals surface area contributed by atoms with Gasteiger partial charge in [-0.25, -0.2) is 29.9 Å². The van der Waals surface area contributed by atoms with Crippen LogP contribution in [0.15, 0.2) is 393 Å². The van der Waals surface area contributed by atoms with E-state index in [0.29, 0.717) is 69.4 Å². The first-order chi connectivity index (χ1) is 60.1. The van der Waals surface area contributed by atoms with E-state index in [9.17, 15) is 15.3 Å². The number of phenolic OH excluding ortho intramolecular Hbond substituents is 3. The molecule has 0 spiro atoms. The van der Waals surface area contributed by atoms with Crippen LogP contribution in [0.4, 0.5) is 0 Å². The van der Waals surface area contributed by atoms with Gasteiger partial charge in [0.1, 0.15) is 34.5 Å². The monoisotopic (exact) mass is 1590 g/mol. The average Bonchev–Trinajstić information content (AvgIpc) is 0.741. The van der Waals surface area contributed by atoms with Gasteiger partial charge in [-0.05, 0) is 164 Å². The van der Waals surface area contributed by atoms with Crippen molar-refractivity contribution in [3.8, 4) is 102 Å². The van der Waals surface area contributed by atoms with Crippen LogP contribution in [0.2, 0.25) is 0 Å². The maximum absolute atomic E-state index is 11.2. The molecule has 3 aromatic heterocycles. The Bertz CT molecular complexity index is 6210. The molecule has 12 aliphatic carbocycles. The number of benzene rings is 6. The molecular formula is C110H94N6O6. The summed E-state index contributed by atoms with van der Waals surface area (Å²) in [5.74, 6) is 4.58. The third-order valence-electron chi connectivity index (χ3n) is 24.8. The van der Waals surface area contributed by atoms with E-state index >= 15 is 0 Å². The van der Waals surface area contributed by atoms with Crippen molar-refractivity contribution in [2.75, 3.05) is 20.8 Å². The molecule has 12 nitrogen and oxygen atoms in total. The summed E-state index contributed by atoms with van der Waals surface area (Å²) in [6.45, 7) is 2.92. The Kier molecular flexibility index (Phi) is 22.1. The minimum Gasteiger partial charge on any atom is -0.507 e. The van der Waals surface area contributed by atoms with Crippen LogP contribution in [0.25, 0.3) is 84.5 Å². The summed E-state index contributed by atoms with van der Waals surface area (Å²) in [7, 11) is 3.17. The second-order valence-corrected chi connectivity index (χ2v) is 32.4. The lowest BCUT2D eigenvalue weighted by molar-refractivity contribution is 0.302. The highest BCUT2D eigenvalue weighted by atomic mass is 16.5. The van der Waals surface area contributed by atoms with Gasteiger partial charge < -0.3 is 29.5 Å². The Morgan fingerprint density at radius 3 is 1.15 bits per heavy atom. The fourth-order valence-electron chi connectivity index (χ4n) is 18.6. The fourth-order valence-corrected chi connectivity index (χ4v) is 18.6. The molecule has 600 valence electrons. The molecule has 12 aliphatic rings. The van der Waals surface area contributed by atoms with Gasteiger partial charge in [0.15, 0.2) is 17.5 Å². The summed E-state index contributed by atoms with van der Waals surface area (Å²) in [5.41, 5.74) is 32.5. The molecule has 0 aliphatic heterocycles. The number of rotatable bonds is 23. The topological polar surface area (TPSA) is 166 Å². The molecule has 0 saturated carbocycles. The van der Waals surface area contributed by atoms with E-state index in [0.717, 1.165) is 81.9 Å². The zero-order valence-corrected chi connectivity index (χ0v) is 68.8. The summed E-state index contributed by atoms with van der Waals surface area (Å²) in [4.78, 5) is 30.1. The molecule has 9 aromatic rings. The third-order valence-corrected chi connectivity index (χ3v) is 24.8. The van der Waals surface area contributed by atoms with Crippen molar-refractivity contribution in [2.45, 2.75) is 90.4 Å². The molecule has 6 aromatic carbocycles. The molecule has 0 radical (unpaired) electrons. The van der Waals surface area contributed by atoms with Crippen molar-refractivity contribution in [3.05, 3.63) is 410 Å². The minimum atomic E-state index is 0.119. The number of aromatic nitrogens is 6. The van der Waals surface area contributed by atoms with Crippen LogP contribution in [0.3, 0.4) is 0 Å². The number of allylic oxidation sites excluding steroid dienone is 42. The normalized spacial score (nSPS) is 18.4. The number of ether oxygens (including phenoxy) is 3. The Balaban J connectivity index is 0.000000122. The standard InChI is InChI=1S/C44H46N2O2.2C33H24N2O2/c1-2-3-4-5-6-7-8-9-10-14-28-48-35-24-27-38(41(47)29-35)44-45-39(31-16-12-11-13-17-31)30-40(46-44)36-25-22-34-21-20-32-18-15-19-33-23-26-37(36)43(34)42(32)33;1-37-24-14-17-27(30(36)18-24)29-19-28(34-33(35-29)23-6-3-2-4-7-23)25-15-12-22-11-10-20-8-5-9-21-13-16-26(25)32(22)31(20)21;1-37-24-14-17-27(30(36)18-24)29-19-28(20-6-3-2-4-7-20)34-33(35-29)26-16-13-23-11-10-21-8-5-9-22-12-15-25(26)32(23)31(21)22/h11-13,15-18,20-27,29-30,43,47H,2-10,14,19,28H2,1H3;2*2-8,10-19,32,36H,9H2,1H3. The van der Waals surface area contributed by atoms with Crippen molar-refractivity contribution >= 4 is 16.7 Å². The van der Waals surface area contributed by atoms with Crippen LogP contribution in [0.5, 0.6) is 34.5 Å². The van der Waals surface area contributed by atoms with Crippen molar-refractivity contribution in [1.29, 1.82) is 0 Å². The zero-order valence-electron chi connectivity index (χ0n) is 68.8. The van der Waals surface area contributed by atoms with Gasteiger partial charge in [0.25, 0.3) is 0 Å². The second kappa shape index (κ2) is 34.7. The van der Waals surface area contributed by atoms with Crippen LogP contribution >= 0.6 is 0 Å². The maximum Gasteiger partial charge on any atom is 0.164 e. The van der Waals surface area contributed by atoms with Gasteiger partial charge in [0.05, 0.1) is 60.6 Å². The molecule has 3 atom stereocenters. The molecule has 0 fully saturated rings. The van der Waals surface area contributed by atoms with E-state index in [-0.39, 0.29) is 35.0 Å². The number of aromatic hydroxyl groups is 3. The van der Waals surface area contributed by atoms with Crippen LogP contribution in [-0.4, -0.2) is 66.0 Å². The number of hydrogen-bond donors (Lipinski definition) is 3. The smallest absolute Gasteiger partial charge is 0.164 e. The summed E-state index contributed by atoms with van der Waals surface area (Å²) in [5, 5.41) is 32.9. The van der Waals surface area contributed by atoms with Gasteiger partial charge in [0.2, 0.25) is 0 Å². The number of nitrogens with zero attached hydrogens (tertiary/aromatic N) is 6. The molecule has 3 N–H and O–H groups in total. The van der Waals surface area contributed by atoms with E-state index in [4.69, 9.17) is 44.1 Å². The molecule has 21 rings (SSSR count). The van der Waals surface area contributed by atoms with Crippen LogP contribution in [0.1, 0.15) is 108 Å². The van der Waals surface area contributed by atoms with E-state index in [1.54, 1.807) is 32.4 Å². The second-order valence-electron chi connectivity index (χ2n) is 32.4. The molecule has 0 saturated heterocycles. The van der Waals surface area contributed by atoms with Gasteiger partial charge in [-0.15, -0.1) is 0 Å².